The van der Waals surface area contributed by atoms with Gasteiger partial charge < -0.3 is 19.4 Å². The van der Waals surface area contributed by atoms with Crippen molar-refractivity contribution in [3.63, 3.8) is 0 Å². The highest BCUT2D eigenvalue weighted by Gasteiger charge is 2.30. The maximum absolute atomic E-state index is 13.5. The normalized spacial score (nSPS) is 14.6. The van der Waals surface area contributed by atoms with E-state index < -0.39 is 20.0 Å². The van der Waals surface area contributed by atoms with Crippen molar-refractivity contribution in [3.8, 4) is 0 Å². The topological polar surface area (TPSA) is 111 Å². The molecule has 0 saturated carbocycles. The molecule has 0 saturated heterocycles. The second-order valence-electron chi connectivity index (χ2n) is 21.3. The summed E-state index contributed by atoms with van der Waals surface area (Å²) in [6.45, 7) is 6.76. The van der Waals surface area contributed by atoms with Crippen LogP contribution in [0.15, 0.2) is 134 Å². The highest BCUT2D eigenvalue weighted by atomic mass is 31.2. The Hall–Kier alpha value is -3.85. The summed E-state index contributed by atoms with van der Waals surface area (Å²) >= 11 is 0. The third-order valence-corrected chi connectivity index (χ3v) is 13.7. The third-order valence-electron chi connectivity index (χ3n) is 12.7. The average Bonchev–Trinajstić information content (AvgIpc) is 3.39. The molecule has 438 valence electrons. The molecule has 77 heavy (non-hydrogen) atoms. The molecule has 0 rings (SSSR count). The number of phosphoric acid groups is 1. The van der Waals surface area contributed by atoms with E-state index in [-0.39, 0.29) is 37.9 Å². The van der Waals surface area contributed by atoms with Crippen molar-refractivity contribution in [2.24, 2.45) is 0 Å². The molecule has 0 radical (unpaired) electrons. The number of nitrogens with one attached hydrogen (secondary N) is 1. The second kappa shape index (κ2) is 55.5. The zero-order chi connectivity index (χ0) is 56.4. The van der Waals surface area contributed by atoms with E-state index in [0.717, 1.165) is 89.9 Å². The predicted molar refractivity (Wildman–Crippen MR) is 332 cm³/mol. The quantitative estimate of drug-likeness (QED) is 0.0156. The molecule has 0 aromatic rings. The lowest BCUT2D eigenvalue weighted by atomic mass is 10.1. The standard InChI is InChI=1S/C67H113N2O7P/c1-7-10-13-16-19-22-25-27-29-31-32-33-34-35-36-38-40-42-45-48-51-54-57-60-67(71)76-65(58-55-52-49-46-43-24-21-18-15-12-9-3)64(63-75-77(72,73)74-62-61-69(4,5)6)68-66(70)59-56-53-50-47-44-41-39-37-30-28-26-23-20-17-14-11-8-2/h11,14,17,19-20,22-23,26-30,32-33,35-37,39,41,44,55,58,64-65H,7-10,12-13,15-16,18,21,24-25,31,34,38,40,42-43,45-54,56-57,59-63H2,1-6H3,(H-,68,70,72,73)/p+1/b14-11-,20-17+,22-19-,26-23+,29-27-,30-28-,33-32-,36-35-,39-37+,44-41+,58-55-. The molecule has 3 atom stereocenters. The number of ether oxygens (including phenoxy) is 1. The van der Waals surface area contributed by atoms with Gasteiger partial charge in [0.2, 0.25) is 5.91 Å². The molecule has 0 aliphatic rings. The van der Waals surface area contributed by atoms with E-state index in [2.05, 4.69) is 86.8 Å². The van der Waals surface area contributed by atoms with Crippen LogP contribution in [0.1, 0.15) is 226 Å². The zero-order valence-corrected chi connectivity index (χ0v) is 50.8. The van der Waals surface area contributed by atoms with Gasteiger partial charge in [-0.05, 0) is 96.0 Å². The number of hydrogen-bond acceptors (Lipinski definition) is 6. The fourth-order valence-electron chi connectivity index (χ4n) is 8.01. The number of unbranched alkanes of at least 4 members (excludes halogenated alkanes) is 22. The van der Waals surface area contributed by atoms with E-state index in [4.69, 9.17) is 13.8 Å². The van der Waals surface area contributed by atoms with Crippen molar-refractivity contribution >= 4 is 19.7 Å². The summed E-state index contributed by atoms with van der Waals surface area (Å²) in [7, 11) is 1.43. The molecular formula is C67H114N2O7P+. The van der Waals surface area contributed by atoms with Gasteiger partial charge in [0.25, 0.3) is 0 Å². The van der Waals surface area contributed by atoms with Crippen molar-refractivity contribution in [2.45, 2.75) is 238 Å². The van der Waals surface area contributed by atoms with Crippen LogP contribution in [0.4, 0.5) is 0 Å². The van der Waals surface area contributed by atoms with Crippen LogP contribution in [0.5, 0.6) is 0 Å². The lowest BCUT2D eigenvalue weighted by Gasteiger charge is -2.27. The monoisotopic (exact) mass is 1090 g/mol. The Kier molecular flexibility index (Phi) is 52.7. The van der Waals surface area contributed by atoms with Crippen LogP contribution in [0.3, 0.4) is 0 Å². The molecule has 0 fully saturated rings. The van der Waals surface area contributed by atoms with Crippen LogP contribution in [-0.4, -0.2) is 74.3 Å². The summed E-state index contributed by atoms with van der Waals surface area (Å²) in [5, 5.41) is 3.02. The highest BCUT2D eigenvalue weighted by molar-refractivity contribution is 7.47. The number of esters is 1. The molecule has 0 bridgehead atoms. The Bertz CT molecular complexity index is 1780. The van der Waals surface area contributed by atoms with E-state index in [1.807, 2.05) is 94.1 Å². The van der Waals surface area contributed by atoms with Gasteiger partial charge in [0.15, 0.2) is 0 Å². The number of phosphoric ester groups is 1. The molecule has 0 aliphatic carbocycles. The zero-order valence-electron chi connectivity index (χ0n) is 49.9. The Morgan fingerprint density at radius 3 is 1.40 bits per heavy atom. The fourth-order valence-corrected chi connectivity index (χ4v) is 8.75. The first-order valence-electron chi connectivity index (χ1n) is 30.6. The van der Waals surface area contributed by atoms with Gasteiger partial charge in [0.05, 0.1) is 33.8 Å². The summed E-state index contributed by atoms with van der Waals surface area (Å²) in [5.41, 5.74) is 0. The number of nitrogens with zero attached hydrogens (tertiary/aromatic N) is 1. The van der Waals surface area contributed by atoms with Gasteiger partial charge in [-0.2, -0.15) is 0 Å². The van der Waals surface area contributed by atoms with Gasteiger partial charge in [0.1, 0.15) is 19.3 Å². The molecule has 0 heterocycles. The number of allylic oxidation sites excluding steroid dienone is 21. The SMILES string of the molecule is CC\C=C/C=C/C=C/C=C\C=C\C=C\CCCCCC(=O)NC(COP(=O)(O)OCC[N+](C)(C)C)C(/C=C\CCCCCCCCCCC)OC(=O)CCCCCCCCC/C=C\C/C=C\C/C=C\C/C=C\CCCCC. The summed E-state index contributed by atoms with van der Waals surface area (Å²) in [6, 6.07) is -0.886. The van der Waals surface area contributed by atoms with Crippen molar-refractivity contribution < 1.29 is 37.3 Å². The number of amides is 1. The second-order valence-corrected chi connectivity index (χ2v) is 22.7. The minimum absolute atomic E-state index is 0.0211. The van der Waals surface area contributed by atoms with Crippen LogP contribution in [0.25, 0.3) is 0 Å². The van der Waals surface area contributed by atoms with E-state index in [1.165, 1.54) is 89.9 Å². The Balaban J connectivity index is 5.32. The van der Waals surface area contributed by atoms with Crippen LogP contribution < -0.4 is 5.32 Å². The van der Waals surface area contributed by atoms with E-state index >= 15 is 0 Å². The van der Waals surface area contributed by atoms with Gasteiger partial charge in [-0.1, -0.05) is 251 Å². The molecule has 0 aromatic heterocycles. The summed E-state index contributed by atoms with van der Waals surface area (Å²) in [6.07, 6.45) is 78.8. The Morgan fingerprint density at radius 2 is 0.883 bits per heavy atom. The van der Waals surface area contributed by atoms with Gasteiger partial charge in [-0.3, -0.25) is 18.6 Å². The maximum atomic E-state index is 13.5. The summed E-state index contributed by atoms with van der Waals surface area (Å²) in [5.74, 6) is -0.580. The first kappa shape index (κ1) is 73.2. The van der Waals surface area contributed by atoms with E-state index in [9.17, 15) is 19.0 Å². The maximum Gasteiger partial charge on any atom is 0.472 e. The molecule has 0 spiro atoms. The first-order valence-corrected chi connectivity index (χ1v) is 32.1. The highest BCUT2D eigenvalue weighted by Crippen LogP contribution is 2.43. The lowest BCUT2D eigenvalue weighted by Crippen LogP contribution is -2.47. The first-order chi connectivity index (χ1) is 37.4. The molecule has 0 aliphatic heterocycles. The minimum Gasteiger partial charge on any atom is -0.456 e. The van der Waals surface area contributed by atoms with E-state index in [1.54, 1.807) is 0 Å². The van der Waals surface area contributed by atoms with Crippen LogP contribution in [0.2, 0.25) is 0 Å². The predicted octanol–water partition coefficient (Wildman–Crippen LogP) is 18.9. The number of carbonyl (C=O) groups excluding carboxylic acids is 2. The molecule has 0 aromatic carbocycles. The van der Waals surface area contributed by atoms with Crippen molar-refractivity contribution in [2.75, 3.05) is 40.9 Å². The third kappa shape index (κ3) is 56.7. The molecule has 9 nitrogen and oxygen atoms in total. The van der Waals surface area contributed by atoms with Gasteiger partial charge in [-0.25, -0.2) is 4.57 Å². The van der Waals surface area contributed by atoms with Crippen molar-refractivity contribution in [1.29, 1.82) is 0 Å². The lowest BCUT2D eigenvalue weighted by molar-refractivity contribution is -0.870. The molecule has 2 N–H and O–H groups in total. The van der Waals surface area contributed by atoms with Crippen LogP contribution in [0, 0.1) is 0 Å². The van der Waals surface area contributed by atoms with Crippen LogP contribution >= 0.6 is 7.82 Å². The van der Waals surface area contributed by atoms with Crippen molar-refractivity contribution in [3.05, 3.63) is 134 Å². The number of rotatable bonds is 53. The molecular weight excluding hydrogens is 976 g/mol. The molecule has 1 amide bonds. The van der Waals surface area contributed by atoms with Gasteiger partial charge in [-0.15, -0.1) is 0 Å². The Labute approximate surface area is 473 Å². The molecule has 3 unspecified atom stereocenters. The summed E-state index contributed by atoms with van der Waals surface area (Å²) < 4.78 is 30.6. The number of hydrogen-bond donors (Lipinski definition) is 2. The van der Waals surface area contributed by atoms with Crippen LogP contribution in [-0.2, 0) is 27.9 Å². The number of carbonyl (C=O) groups is 2. The molecule has 10 heteroatoms. The number of likely N-dealkylation sites (N-methyl/N-ethyl adjacent to an activating group) is 1. The van der Waals surface area contributed by atoms with Gasteiger partial charge >= 0.3 is 13.8 Å². The smallest absolute Gasteiger partial charge is 0.456 e. The largest absolute Gasteiger partial charge is 0.472 e. The number of quaternary nitrogens is 1. The minimum atomic E-state index is -4.47. The van der Waals surface area contributed by atoms with E-state index in [0.29, 0.717) is 23.9 Å². The van der Waals surface area contributed by atoms with Gasteiger partial charge in [0, 0.05) is 12.8 Å². The fraction of sp³-hybridized carbons (Fsp3) is 0.642. The Morgan fingerprint density at radius 1 is 0.481 bits per heavy atom. The van der Waals surface area contributed by atoms with Crippen molar-refractivity contribution in [1.82, 2.24) is 5.32 Å². The summed E-state index contributed by atoms with van der Waals surface area (Å²) in [4.78, 5) is 37.7. The average molecular weight is 1090 g/mol.